The van der Waals surface area contributed by atoms with E-state index in [4.69, 9.17) is 25.3 Å². The second kappa shape index (κ2) is 36.0. The minimum atomic E-state index is 0. The van der Waals surface area contributed by atoms with Gasteiger partial charge in [0.2, 0.25) is 0 Å². The molecule has 4 radical (unpaired) electrons. The fourth-order valence-electron chi connectivity index (χ4n) is 0. The molecule has 0 fully saturated rings. The Morgan fingerprint density at radius 1 is 0.765 bits per heavy atom. The van der Waals surface area contributed by atoms with Crippen LogP contribution in [0, 0.1) is 12.8 Å². The Morgan fingerprint density at radius 2 is 0.824 bits per heavy atom. The molecule has 0 amide bonds. The van der Waals surface area contributed by atoms with Crippen LogP contribution in [-0.2, 0) is 25.3 Å². The van der Waals surface area contributed by atoms with Crippen molar-refractivity contribution in [1.29, 1.82) is 0 Å². The largest absolute Gasteiger partial charge is 2.00 e. The zero-order valence-corrected chi connectivity index (χ0v) is 17.5. The van der Waals surface area contributed by atoms with Crippen molar-refractivity contribution in [2.45, 2.75) is 78.7 Å². The van der Waals surface area contributed by atoms with E-state index in [2.05, 4.69) is 13.8 Å². The molecule has 0 heterocycles. The van der Waals surface area contributed by atoms with Crippen LogP contribution in [0.5, 0.6) is 0 Å². The predicted molar refractivity (Wildman–Crippen MR) is 91.3 cm³/mol. The second-order valence-corrected chi connectivity index (χ2v) is 5.20. The third-order valence-corrected chi connectivity index (χ3v) is 1.82. The number of rotatable bonds is 2. The van der Waals surface area contributed by atoms with Gasteiger partial charge >= 0.3 is 23.9 Å². The van der Waals surface area contributed by atoms with Crippen LogP contribution in [0.25, 0.3) is 0 Å². The van der Waals surface area contributed by atoms with E-state index in [9.17, 15) is 0 Å². The number of hydrogen-bond donors (Lipinski definition) is 0. The van der Waals surface area contributed by atoms with Crippen LogP contribution in [0.4, 0.5) is 0 Å². The maximum Gasteiger partial charge on any atom is 2.00 e. The average molecular weight is 383 g/mol. The normalized spacial score (nSPS) is 10.9. The molecule has 0 N–H and O–H groups in total. The van der Waals surface area contributed by atoms with Crippen molar-refractivity contribution < 1.29 is 0 Å². The van der Waals surface area contributed by atoms with Gasteiger partial charge in [-0.2, -0.15) is 10.5 Å². The molecule has 104 valence electrons. The van der Waals surface area contributed by atoms with Crippen LogP contribution in [0.3, 0.4) is 0 Å². The maximum atomic E-state index is 4.78. The van der Waals surface area contributed by atoms with E-state index in [0.717, 1.165) is 12.8 Å². The van der Waals surface area contributed by atoms with Crippen molar-refractivity contribution in [1.82, 2.24) is 0 Å². The molecule has 0 bridgehead atoms. The average Bonchev–Trinajstić information content (AvgIpc) is 2.21. The third kappa shape index (κ3) is 139. The van der Waals surface area contributed by atoms with Gasteiger partial charge in [0, 0.05) is 0 Å². The van der Waals surface area contributed by atoms with Gasteiger partial charge in [0.05, 0.1) is 0 Å². The molecule has 0 aliphatic rings. The van der Waals surface area contributed by atoms with Crippen molar-refractivity contribution >= 4 is 49.2 Å². The molecule has 0 aromatic carbocycles. The Labute approximate surface area is 140 Å². The van der Waals surface area contributed by atoms with E-state index in [1.807, 2.05) is 54.4 Å². The molecule has 2 atom stereocenters. The first-order valence-electron chi connectivity index (χ1n) is 6.17. The van der Waals surface area contributed by atoms with Crippen molar-refractivity contribution in [3.8, 4) is 0 Å². The van der Waals surface area contributed by atoms with Crippen LogP contribution in [0.1, 0.15) is 68.2 Å². The molecule has 17 heavy (non-hydrogen) atoms. The van der Waals surface area contributed by atoms with Crippen LogP contribution >= 0.6 is 0 Å². The SMILES string of the molecule is CCC(C)[S-].CCC(C)[S-].C[CH]C.C[CH]C.[Sn+2]. The van der Waals surface area contributed by atoms with Gasteiger partial charge in [-0.05, 0) is 12.8 Å². The zero-order chi connectivity index (χ0) is 14.0. The topological polar surface area (TPSA) is 0 Å². The molecule has 0 rings (SSSR count). The van der Waals surface area contributed by atoms with Gasteiger partial charge in [-0.25, -0.2) is 0 Å². The molecule has 2 unspecified atom stereocenters. The van der Waals surface area contributed by atoms with Gasteiger partial charge in [0.15, 0.2) is 0 Å². The summed E-state index contributed by atoms with van der Waals surface area (Å²) in [4.78, 5) is 0. The van der Waals surface area contributed by atoms with E-state index in [-0.39, 0.29) is 23.9 Å². The minimum Gasteiger partial charge on any atom is -0.789 e. The van der Waals surface area contributed by atoms with Crippen LogP contribution in [-0.4, -0.2) is 34.4 Å². The summed E-state index contributed by atoms with van der Waals surface area (Å²) < 4.78 is 0. The molecule has 0 nitrogen and oxygen atoms in total. The molecule has 0 spiro atoms. The molecule has 0 saturated carbocycles. The van der Waals surface area contributed by atoms with Crippen molar-refractivity contribution in [3.05, 3.63) is 12.8 Å². The fourth-order valence-corrected chi connectivity index (χ4v) is 0. The summed E-state index contributed by atoms with van der Waals surface area (Å²) in [6, 6.07) is 0. The Kier molecular flexibility index (Phi) is 65.9. The fraction of sp³-hybridized carbons (Fsp3) is 0.857. The monoisotopic (exact) mass is 384 g/mol. The molecule has 0 aliphatic heterocycles. The molecule has 3 heteroatoms. The quantitative estimate of drug-likeness (QED) is 0.499. The van der Waals surface area contributed by atoms with E-state index in [0.29, 0.717) is 10.5 Å². The zero-order valence-electron chi connectivity index (χ0n) is 13.0. The summed E-state index contributed by atoms with van der Waals surface area (Å²) in [5.41, 5.74) is 0. The van der Waals surface area contributed by atoms with Crippen LogP contribution in [0.15, 0.2) is 0 Å². The standard InChI is InChI=1S/2C4H10S.2C3H7.Sn/c2*1-3-4(2)5;2*1-3-2;/h2*4-5H,3H2,1-2H3;2*3H,1-2H3;/q;;;;+2/p-2. The first kappa shape index (κ1) is 31.1. The summed E-state index contributed by atoms with van der Waals surface area (Å²) >= 11 is 9.56. The maximum absolute atomic E-state index is 4.78. The van der Waals surface area contributed by atoms with Gasteiger partial charge < -0.3 is 25.3 Å². The first-order valence-corrected chi connectivity index (χ1v) is 7.11. The molecule has 0 aliphatic carbocycles. The third-order valence-electron chi connectivity index (χ3n) is 1.15. The van der Waals surface area contributed by atoms with Gasteiger partial charge in [-0.15, -0.1) is 0 Å². The minimum absolute atomic E-state index is 0. The van der Waals surface area contributed by atoms with Crippen LogP contribution < -0.4 is 0 Å². The van der Waals surface area contributed by atoms with Gasteiger partial charge in [0.1, 0.15) is 0 Å². The van der Waals surface area contributed by atoms with Crippen molar-refractivity contribution in [2.24, 2.45) is 0 Å². The summed E-state index contributed by atoms with van der Waals surface area (Å²) in [5.74, 6) is 0. The second-order valence-electron chi connectivity index (χ2n) is 3.59. The first-order chi connectivity index (χ1) is 7.37. The van der Waals surface area contributed by atoms with E-state index < -0.39 is 0 Å². The van der Waals surface area contributed by atoms with E-state index in [1.165, 1.54) is 0 Å². The van der Waals surface area contributed by atoms with E-state index in [1.54, 1.807) is 0 Å². The smallest absolute Gasteiger partial charge is 0.789 e. The predicted octanol–water partition coefficient (Wildman–Crippen LogP) is 4.74. The Morgan fingerprint density at radius 3 is 0.824 bits per heavy atom. The van der Waals surface area contributed by atoms with Crippen molar-refractivity contribution in [2.75, 3.05) is 0 Å². The molecule has 0 saturated heterocycles. The Bertz CT molecular complexity index is 66.6. The van der Waals surface area contributed by atoms with Gasteiger partial charge in [-0.3, -0.25) is 0 Å². The van der Waals surface area contributed by atoms with Gasteiger partial charge in [0.25, 0.3) is 0 Å². The van der Waals surface area contributed by atoms with E-state index >= 15 is 0 Å². The summed E-state index contributed by atoms with van der Waals surface area (Å²) in [7, 11) is 0. The molecular weight excluding hydrogens is 351 g/mol. The Balaban J connectivity index is -0.0000000381. The summed E-state index contributed by atoms with van der Waals surface area (Å²) in [6.45, 7) is 16.3. The summed E-state index contributed by atoms with van der Waals surface area (Å²) in [6.07, 6.45) is 6.24. The molecule has 0 aromatic heterocycles. The summed E-state index contributed by atoms with van der Waals surface area (Å²) in [5, 5.41) is 0.935. The van der Waals surface area contributed by atoms with Crippen molar-refractivity contribution in [3.63, 3.8) is 0 Å². The van der Waals surface area contributed by atoms with Gasteiger partial charge in [-0.1, -0.05) is 68.2 Å². The van der Waals surface area contributed by atoms with Crippen LogP contribution in [0.2, 0.25) is 0 Å². The number of hydrogen-bond acceptors (Lipinski definition) is 2. The molecular formula is C14H32S2Sn. The Hall–Kier alpha value is 1.50. The molecule has 0 aromatic rings.